The molecule has 1 rings (SSSR count). The molecule has 0 saturated heterocycles. The molecule has 0 aliphatic heterocycles. The van der Waals surface area contributed by atoms with Crippen LogP contribution in [0.1, 0.15) is 19.7 Å². The van der Waals surface area contributed by atoms with Crippen molar-refractivity contribution in [2.24, 2.45) is 7.05 Å². The van der Waals surface area contributed by atoms with Gasteiger partial charge in [-0.3, -0.25) is 4.68 Å². The highest BCUT2D eigenvalue weighted by atomic mass is 16.5. The summed E-state index contributed by atoms with van der Waals surface area (Å²) in [5.74, 6) is 0.877. The van der Waals surface area contributed by atoms with Crippen LogP contribution in [0.15, 0.2) is 6.33 Å². The zero-order valence-corrected chi connectivity index (χ0v) is 9.90. The fraction of sp³-hybridized carbons (Fsp3) is 0.800. The molecule has 0 radical (unpaired) electrons. The smallest absolute Gasteiger partial charge is 0.151 e. The van der Waals surface area contributed by atoms with Crippen LogP contribution in [0.5, 0.6) is 0 Å². The number of aromatic nitrogens is 3. The van der Waals surface area contributed by atoms with E-state index < -0.39 is 0 Å². The van der Waals surface area contributed by atoms with Crippen molar-refractivity contribution in [3.8, 4) is 0 Å². The van der Waals surface area contributed by atoms with Crippen LogP contribution in [0.25, 0.3) is 0 Å². The SMILES string of the molecule is COC(C)C(C)NCCc1ncn(C)n1. The summed E-state index contributed by atoms with van der Waals surface area (Å²) < 4.78 is 6.94. The van der Waals surface area contributed by atoms with Gasteiger partial charge in [-0.2, -0.15) is 5.10 Å². The van der Waals surface area contributed by atoms with E-state index in [0.29, 0.717) is 6.04 Å². The molecule has 5 nitrogen and oxygen atoms in total. The summed E-state index contributed by atoms with van der Waals surface area (Å²) in [6, 6.07) is 0.346. The first-order valence-corrected chi connectivity index (χ1v) is 5.24. The number of ether oxygens (including phenoxy) is 1. The molecule has 1 heterocycles. The van der Waals surface area contributed by atoms with Gasteiger partial charge >= 0.3 is 0 Å². The van der Waals surface area contributed by atoms with E-state index in [1.54, 1.807) is 18.1 Å². The van der Waals surface area contributed by atoms with E-state index in [2.05, 4.69) is 29.2 Å². The molecule has 86 valence electrons. The van der Waals surface area contributed by atoms with Gasteiger partial charge in [0, 0.05) is 33.2 Å². The Morgan fingerprint density at radius 1 is 1.53 bits per heavy atom. The second-order valence-electron chi connectivity index (χ2n) is 3.77. The Kier molecular flexibility index (Phi) is 4.71. The first-order valence-electron chi connectivity index (χ1n) is 5.24. The second kappa shape index (κ2) is 5.82. The van der Waals surface area contributed by atoms with Gasteiger partial charge in [-0.15, -0.1) is 0 Å². The van der Waals surface area contributed by atoms with E-state index >= 15 is 0 Å². The molecule has 0 amide bonds. The van der Waals surface area contributed by atoms with Crippen molar-refractivity contribution in [1.29, 1.82) is 0 Å². The van der Waals surface area contributed by atoms with Gasteiger partial charge in [-0.25, -0.2) is 4.98 Å². The largest absolute Gasteiger partial charge is 0.380 e. The number of nitrogens with one attached hydrogen (secondary N) is 1. The number of methoxy groups -OCH3 is 1. The Balaban J connectivity index is 2.21. The summed E-state index contributed by atoms with van der Waals surface area (Å²) in [7, 11) is 3.60. The lowest BCUT2D eigenvalue weighted by Gasteiger charge is -2.19. The fourth-order valence-electron chi connectivity index (χ4n) is 1.28. The molecule has 0 spiro atoms. The monoisotopic (exact) mass is 212 g/mol. The molecule has 2 atom stereocenters. The molecule has 0 aromatic carbocycles. The third-order valence-electron chi connectivity index (χ3n) is 2.54. The van der Waals surface area contributed by atoms with Crippen LogP contribution in [0, 0.1) is 0 Å². The molecule has 0 aliphatic rings. The maximum Gasteiger partial charge on any atom is 0.151 e. The number of aryl methyl sites for hydroxylation is 1. The number of hydrogen-bond acceptors (Lipinski definition) is 4. The minimum Gasteiger partial charge on any atom is -0.380 e. The quantitative estimate of drug-likeness (QED) is 0.740. The zero-order chi connectivity index (χ0) is 11.3. The van der Waals surface area contributed by atoms with Crippen molar-refractivity contribution in [1.82, 2.24) is 20.1 Å². The van der Waals surface area contributed by atoms with E-state index in [-0.39, 0.29) is 6.10 Å². The summed E-state index contributed by atoms with van der Waals surface area (Å²) in [6.07, 6.45) is 2.79. The first-order chi connectivity index (χ1) is 7.13. The lowest BCUT2D eigenvalue weighted by molar-refractivity contribution is 0.0889. The zero-order valence-electron chi connectivity index (χ0n) is 9.90. The molecule has 2 unspecified atom stereocenters. The standard InChI is InChI=1S/C10H20N4O/c1-8(9(2)15-4)11-6-5-10-12-7-14(3)13-10/h7-9,11H,5-6H2,1-4H3. The van der Waals surface area contributed by atoms with Gasteiger partial charge in [-0.05, 0) is 13.8 Å². The number of nitrogens with zero attached hydrogens (tertiary/aromatic N) is 3. The van der Waals surface area contributed by atoms with Crippen LogP contribution in [0.4, 0.5) is 0 Å². The molecule has 0 bridgehead atoms. The van der Waals surface area contributed by atoms with Gasteiger partial charge in [-0.1, -0.05) is 0 Å². The summed E-state index contributed by atoms with van der Waals surface area (Å²) in [5, 5.41) is 7.58. The predicted octanol–water partition coefficient (Wildman–Crippen LogP) is 0.371. The van der Waals surface area contributed by atoms with E-state index in [0.717, 1.165) is 18.8 Å². The average molecular weight is 212 g/mol. The summed E-state index contributed by atoms with van der Waals surface area (Å²) >= 11 is 0. The molecule has 0 aliphatic carbocycles. The van der Waals surface area contributed by atoms with Crippen molar-refractivity contribution in [3.63, 3.8) is 0 Å². The summed E-state index contributed by atoms with van der Waals surface area (Å²) in [5.41, 5.74) is 0. The van der Waals surface area contributed by atoms with Crippen molar-refractivity contribution in [2.45, 2.75) is 32.4 Å². The van der Waals surface area contributed by atoms with Gasteiger partial charge in [0.15, 0.2) is 5.82 Å². The van der Waals surface area contributed by atoms with Crippen molar-refractivity contribution < 1.29 is 4.74 Å². The maximum absolute atomic E-state index is 5.22. The van der Waals surface area contributed by atoms with Crippen LogP contribution in [0.3, 0.4) is 0 Å². The molecule has 0 fully saturated rings. The van der Waals surface area contributed by atoms with E-state index in [1.165, 1.54) is 0 Å². The van der Waals surface area contributed by atoms with Crippen molar-refractivity contribution >= 4 is 0 Å². The lowest BCUT2D eigenvalue weighted by Crippen LogP contribution is -2.37. The van der Waals surface area contributed by atoms with E-state index in [1.807, 2.05) is 7.05 Å². The van der Waals surface area contributed by atoms with E-state index in [9.17, 15) is 0 Å². The van der Waals surface area contributed by atoms with Gasteiger partial charge in [0.1, 0.15) is 6.33 Å². The van der Waals surface area contributed by atoms with Crippen LogP contribution in [-0.2, 0) is 18.2 Å². The fourth-order valence-corrected chi connectivity index (χ4v) is 1.28. The molecular formula is C10H20N4O. The van der Waals surface area contributed by atoms with Crippen LogP contribution in [0.2, 0.25) is 0 Å². The lowest BCUT2D eigenvalue weighted by atomic mass is 10.2. The van der Waals surface area contributed by atoms with E-state index in [4.69, 9.17) is 4.74 Å². The van der Waals surface area contributed by atoms with Gasteiger partial charge < -0.3 is 10.1 Å². The number of rotatable bonds is 6. The molecule has 1 aromatic rings. The molecule has 0 saturated carbocycles. The van der Waals surface area contributed by atoms with Crippen molar-refractivity contribution in [2.75, 3.05) is 13.7 Å². The highest BCUT2D eigenvalue weighted by Gasteiger charge is 2.09. The molecule has 1 N–H and O–H groups in total. The summed E-state index contributed by atoms with van der Waals surface area (Å²) in [4.78, 5) is 4.16. The predicted molar refractivity (Wildman–Crippen MR) is 58.6 cm³/mol. The van der Waals surface area contributed by atoms with Crippen molar-refractivity contribution in [3.05, 3.63) is 12.2 Å². The van der Waals surface area contributed by atoms with Crippen LogP contribution >= 0.6 is 0 Å². The molecule has 5 heteroatoms. The highest BCUT2D eigenvalue weighted by molar-refractivity contribution is 4.82. The molecule has 15 heavy (non-hydrogen) atoms. The molecule has 1 aromatic heterocycles. The Bertz CT molecular complexity index is 287. The topological polar surface area (TPSA) is 52.0 Å². The second-order valence-corrected chi connectivity index (χ2v) is 3.77. The Hall–Kier alpha value is -0.940. The van der Waals surface area contributed by atoms with Gasteiger partial charge in [0.05, 0.1) is 6.10 Å². The minimum absolute atomic E-state index is 0.224. The summed E-state index contributed by atoms with van der Waals surface area (Å²) in [6.45, 7) is 5.04. The third-order valence-corrected chi connectivity index (χ3v) is 2.54. The maximum atomic E-state index is 5.22. The highest BCUT2D eigenvalue weighted by Crippen LogP contribution is 1.96. The Labute approximate surface area is 90.8 Å². The van der Waals surface area contributed by atoms with Crippen LogP contribution < -0.4 is 5.32 Å². The normalized spacial score (nSPS) is 15.2. The third kappa shape index (κ3) is 3.97. The molecular weight excluding hydrogens is 192 g/mol. The van der Waals surface area contributed by atoms with Crippen LogP contribution in [-0.4, -0.2) is 40.6 Å². The Morgan fingerprint density at radius 3 is 2.80 bits per heavy atom. The minimum atomic E-state index is 0.224. The number of hydrogen-bond donors (Lipinski definition) is 1. The van der Waals surface area contributed by atoms with Gasteiger partial charge in [0.25, 0.3) is 0 Å². The average Bonchev–Trinajstić information content (AvgIpc) is 2.63. The van der Waals surface area contributed by atoms with Gasteiger partial charge in [0.2, 0.25) is 0 Å². The Morgan fingerprint density at radius 2 is 2.27 bits per heavy atom. The first kappa shape index (κ1) is 12.1.